The van der Waals surface area contributed by atoms with Crippen LogP contribution >= 0.6 is 24.8 Å². The molecule has 6 nitrogen and oxygen atoms in total. The molecule has 26 heavy (non-hydrogen) atoms. The van der Waals surface area contributed by atoms with Crippen LogP contribution in [0.4, 0.5) is 0 Å². The van der Waals surface area contributed by atoms with Gasteiger partial charge in [-0.1, -0.05) is 25.3 Å². The van der Waals surface area contributed by atoms with E-state index in [1.807, 2.05) is 36.7 Å². The van der Waals surface area contributed by atoms with E-state index in [-0.39, 0.29) is 30.7 Å². The number of carbonyl (C=O) groups is 1. The maximum atomic E-state index is 12.4. The molecule has 2 aromatic rings. The van der Waals surface area contributed by atoms with Gasteiger partial charge in [-0.2, -0.15) is 5.10 Å². The fourth-order valence-electron chi connectivity index (χ4n) is 3.28. The zero-order chi connectivity index (χ0) is 17.2. The summed E-state index contributed by atoms with van der Waals surface area (Å²) in [5, 5.41) is 7.38. The molecule has 0 aromatic carbocycles. The second kappa shape index (κ2) is 9.35. The van der Waals surface area contributed by atoms with E-state index < -0.39 is 5.54 Å². The molecule has 1 amide bonds. The number of nitrogens with zero attached hydrogens (tertiary/aromatic N) is 3. The first-order valence-electron chi connectivity index (χ1n) is 8.54. The van der Waals surface area contributed by atoms with Gasteiger partial charge in [0, 0.05) is 18.4 Å². The highest BCUT2D eigenvalue weighted by Gasteiger charge is 2.34. The lowest BCUT2D eigenvalue weighted by Gasteiger charge is -2.31. The molecule has 1 aliphatic rings. The minimum atomic E-state index is -0.699. The van der Waals surface area contributed by atoms with Gasteiger partial charge in [0.25, 0.3) is 0 Å². The predicted molar refractivity (Wildman–Crippen MR) is 107 cm³/mol. The first kappa shape index (κ1) is 22.4. The quantitative estimate of drug-likeness (QED) is 0.826. The molecule has 144 valence electrons. The van der Waals surface area contributed by atoms with Crippen LogP contribution in [0.25, 0.3) is 5.82 Å². The van der Waals surface area contributed by atoms with Gasteiger partial charge in [-0.15, -0.1) is 24.8 Å². The molecule has 3 rings (SSSR count). The molecular formula is C18H27Cl2N5O. The van der Waals surface area contributed by atoms with Gasteiger partial charge in [-0.05, 0) is 44.4 Å². The number of aryl methyl sites for hydroxylation is 2. The van der Waals surface area contributed by atoms with Crippen molar-refractivity contribution in [2.45, 2.75) is 58.0 Å². The maximum absolute atomic E-state index is 12.4. The molecule has 0 unspecified atom stereocenters. The van der Waals surface area contributed by atoms with E-state index in [0.29, 0.717) is 6.54 Å². The van der Waals surface area contributed by atoms with Crippen LogP contribution in [0.15, 0.2) is 24.4 Å². The average molecular weight is 400 g/mol. The third kappa shape index (κ3) is 4.96. The molecule has 0 spiro atoms. The summed E-state index contributed by atoms with van der Waals surface area (Å²) >= 11 is 0. The van der Waals surface area contributed by atoms with Gasteiger partial charge in [-0.25, -0.2) is 9.67 Å². The van der Waals surface area contributed by atoms with Crippen molar-refractivity contribution in [1.29, 1.82) is 0 Å². The molecule has 0 bridgehead atoms. The highest BCUT2D eigenvalue weighted by atomic mass is 35.5. The minimum Gasteiger partial charge on any atom is -0.350 e. The van der Waals surface area contributed by atoms with Crippen molar-refractivity contribution in [1.82, 2.24) is 20.1 Å². The summed E-state index contributed by atoms with van der Waals surface area (Å²) in [5.74, 6) is 0.725. The Morgan fingerprint density at radius 1 is 1.23 bits per heavy atom. The second-order valence-corrected chi connectivity index (χ2v) is 6.76. The standard InChI is InChI=1S/C18H25N5O.2ClH/c1-13-10-14(2)23(22-13)16-7-6-15(11-20-16)12-21-17(24)18(19)8-4-3-5-9-18;;/h6-7,10-11H,3-5,8-9,12,19H2,1-2H3,(H,21,24);2*1H. The lowest BCUT2D eigenvalue weighted by Crippen LogP contribution is -2.54. The number of halogens is 2. The molecular weight excluding hydrogens is 373 g/mol. The van der Waals surface area contributed by atoms with Gasteiger partial charge in [0.05, 0.1) is 11.2 Å². The van der Waals surface area contributed by atoms with E-state index in [2.05, 4.69) is 15.4 Å². The monoisotopic (exact) mass is 399 g/mol. The van der Waals surface area contributed by atoms with Gasteiger partial charge in [0.15, 0.2) is 5.82 Å². The van der Waals surface area contributed by atoms with Crippen LogP contribution in [0.5, 0.6) is 0 Å². The Labute approximate surface area is 166 Å². The third-order valence-corrected chi connectivity index (χ3v) is 4.69. The van der Waals surface area contributed by atoms with Crippen LogP contribution in [-0.4, -0.2) is 26.2 Å². The Balaban J connectivity index is 0.00000169. The fourth-order valence-corrected chi connectivity index (χ4v) is 3.28. The molecule has 1 aliphatic carbocycles. The summed E-state index contributed by atoms with van der Waals surface area (Å²) in [5.41, 5.74) is 8.51. The largest absolute Gasteiger partial charge is 0.350 e. The Kier molecular flexibility index (Phi) is 8.06. The normalized spacial score (nSPS) is 15.5. The van der Waals surface area contributed by atoms with E-state index in [9.17, 15) is 4.79 Å². The Morgan fingerprint density at radius 3 is 2.46 bits per heavy atom. The topological polar surface area (TPSA) is 85.8 Å². The summed E-state index contributed by atoms with van der Waals surface area (Å²) in [6.45, 7) is 4.41. The molecule has 1 fully saturated rings. The number of amides is 1. The van der Waals surface area contributed by atoms with Crippen molar-refractivity contribution < 1.29 is 4.79 Å². The summed E-state index contributed by atoms with van der Waals surface area (Å²) in [7, 11) is 0. The number of hydrogen-bond acceptors (Lipinski definition) is 4. The number of pyridine rings is 1. The van der Waals surface area contributed by atoms with Crippen molar-refractivity contribution >= 4 is 30.7 Å². The highest BCUT2D eigenvalue weighted by molar-refractivity contribution is 5.86. The van der Waals surface area contributed by atoms with Crippen LogP contribution in [0.3, 0.4) is 0 Å². The zero-order valence-corrected chi connectivity index (χ0v) is 16.8. The average Bonchev–Trinajstić information content (AvgIpc) is 2.92. The van der Waals surface area contributed by atoms with Gasteiger partial charge >= 0.3 is 0 Å². The molecule has 2 heterocycles. The number of aromatic nitrogens is 3. The fraction of sp³-hybridized carbons (Fsp3) is 0.500. The lowest BCUT2D eigenvalue weighted by molar-refractivity contribution is -0.127. The van der Waals surface area contributed by atoms with Crippen LogP contribution < -0.4 is 11.1 Å². The first-order valence-corrected chi connectivity index (χ1v) is 8.54. The van der Waals surface area contributed by atoms with Crippen molar-refractivity contribution in [3.8, 4) is 5.82 Å². The van der Waals surface area contributed by atoms with Crippen molar-refractivity contribution in [2.24, 2.45) is 5.73 Å². The Hall–Kier alpha value is -1.63. The lowest BCUT2D eigenvalue weighted by atomic mass is 9.82. The number of carbonyl (C=O) groups excluding carboxylic acids is 1. The highest BCUT2D eigenvalue weighted by Crippen LogP contribution is 2.26. The Morgan fingerprint density at radius 2 is 1.92 bits per heavy atom. The van der Waals surface area contributed by atoms with Gasteiger partial charge < -0.3 is 11.1 Å². The molecule has 8 heteroatoms. The molecule has 1 saturated carbocycles. The van der Waals surface area contributed by atoms with Gasteiger partial charge in [-0.3, -0.25) is 4.79 Å². The van der Waals surface area contributed by atoms with Crippen molar-refractivity contribution in [3.63, 3.8) is 0 Å². The minimum absolute atomic E-state index is 0. The maximum Gasteiger partial charge on any atom is 0.240 e. The van der Waals surface area contributed by atoms with Gasteiger partial charge in [0.2, 0.25) is 5.91 Å². The molecule has 2 aromatic heterocycles. The van der Waals surface area contributed by atoms with Crippen molar-refractivity contribution in [2.75, 3.05) is 0 Å². The molecule has 0 radical (unpaired) electrons. The van der Waals surface area contributed by atoms with Crippen LogP contribution in [0.1, 0.15) is 49.1 Å². The number of nitrogens with two attached hydrogens (primary N) is 1. The molecule has 3 N–H and O–H groups in total. The van der Waals surface area contributed by atoms with Crippen LogP contribution in [-0.2, 0) is 11.3 Å². The number of nitrogens with one attached hydrogen (secondary N) is 1. The van der Waals surface area contributed by atoms with E-state index in [1.54, 1.807) is 6.20 Å². The van der Waals surface area contributed by atoms with E-state index in [4.69, 9.17) is 5.73 Å². The number of rotatable bonds is 4. The van der Waals surface area contributed by atoms with Crippen molar-refractivity contribution in [3.05, 3.63) is 41.3 Å². The summed E-state index contributed by atoms with van der Waals surface area (Å²) in [6.07, 6.45) is 6.55. The second-order valence-electron chi connectivity index (χ2n) is 6.76. The third-order valence-electron chi connectivity index (χ3n) is 4.69. The molecule has 0 aliphatic heterocycles. The smallest absolute Gasteiger partial charge is 0.240 e. The first-order chi connectivity index (χ1) is 11.5. The zero-order valence-electron chi connectivity index (χ0n) is 15.2. The van der Waals surface area contributed by atoms with Gasteiger partial charge in [0.1, 0.15) is 0 Å². The van der Waals surface area contributed by atoms with Crippen LogP contribution in [0, 0.1) is 13.8 Å². The summed E-state index contributed by atoms with van der Waals surface area (Å²) in [6, 6.07) is 5.89. The molecule has 0 atom stereocenters. The summed E-state index contributed by atoms with van der Waals surface area (Å²) < 4.78 is 1.81. The molecule has 0 saturated heterocycles. The Bertz CT molecular complexity index is 724. The number of hydrogen-bond donors (Lipinski definition) is 2. The van der Waals surface area contributed by atoms with E-state index >= 15 is 0 Å². The van der Waals surface area contributed by atoms with E-state index in [0.717, 1.165) is 48.5 Å². The predicted octanol–water partition coefficient (Wildman–Crippen LogP) is 3.01. The summed E-state index contributed by atoms with van der Waals surface area (Å²) in [4.78, 5) is 16.8. The SMILES string of the molecule is Cc1cc(C)n(-c2ccc(CNC(=O)C3(N)CCCCC3)cn2)n1.Cl.Cl. The van der Waals surface area contributed by atoms with Crippen LogP contribution in [0.2, 0.25) is 0 Å². The van der Waals surface area contributed by atoms with E-state index in [1.165, 1.54) is 6.42 Å².